The first-order valence-electron chi connectivity index (χ1n) is 7.23. The quantitative estimate of drug-likeness (QED) is 0.718. The van der Waals surface area contributed by atoms with Crippen LogP contribution in [0.1, 0.15) is 0 Å². The molecule has 1 N–H and O–H groups in total. The second kappa shape index (κ2) is 6.62. The molecule has 0 atom stereocenters. The highest BCUT2D eigenvalue weighted by Crippen LogP contribution is 2.32. The first kappa shape index (κ1) is 17.7. The van der Waals surface area contributed by atoms with E-state index in [-0.39, 0.29) is 9.79 Å². The molecule has 0 radical (unpaired) electrons. The van der Waals surface area contributed by atoms with Crippen LogP contribution in [0.3, 0.4) is 0 Å². The van der Waals surface area contributed by atoms with E-state index in [4.69, 9.17) is 0 Å². The molecule has 1 aromatic heterocycles. The van der Waals surface area contributed by atoms with E-state index in [0.29, 0.717) is 5.69 Å². The molecule has 1 heterocycles. The van der Waals surface area contributed by atoms with Crippen molar-refractivity contribution in [3.8, 4) is 10.4 Å². The van der Waals surface area contributed by atoms with Gasteiger partial charge in [0.25, 0.3) is 10.0 Å². The minimum absolute atomic E-state index is 0.000817. The van der Waals surface area contributed by atoms with Crippen molar-refractivity contribution in [3.63, 3.8) is 0 Å². The van der Waals surface area contributed by atoms with Gasteiger partial charge in [0.1, 0.15) is 0 Å². The van der Waals surface area contributed by atoms with E-state index >= 15 is 0 Å². The summed E-state index contributed by atoms with van der Waals surface area (Å²) in [4.78, 5) is 1.03. The van der Waals surface area contributed by atoms with Gasteiger partial charge in [-0.15, -0.1) is 11.3 Å². The van der Waals surface area contributed by atoms with Crippen LogP contribution in [0.25, 0.3) is 10.4 Å². The minimum atomic E-state index is -3.83. The van der Waals surface area contributed by atoms with Crippen molar-refractivity contribution in [2.45, 2.75) is 9.79 Å². The van der Waals surface area contributed by atoms with Crippen LogP contribution in [0.15, 0.2) is 75.8 Å². The monoisotopic (exact) mass is 393 g/mol. The van der Waals surface area contributed by atoms with Crippen molar-refractivity contribution in [1.82, 2.24) is 0 Å². The van der Waals surface area contributed by atoms with Crippen LogP contribution in [0, 0.1) is 0 Å². The number of anilines is 1. The van der Waals surface area contributed by atoms with Crippen molar-refractivity contribution in [3.05, 3.63) is 66.0 Å². The third-order valence-corrected chi connectivity index (χ3v) is 6.93. The van der Waals surface area contributed by atoms with Gasteiger partial charge in [-0.2, -0.15) is 0 Å². The van der Waals surface area contributed by atoms with Gasteiger partial charge in [-0.25, -0.2) is 16.8 Å². The summed E-state index contributed by atoms with van der Waals surface area (Å²) in [5.74, 6) is 0. The lowest BCUT2D eigenvalue weighted by Gasteiger charge is -2.12. The fourth-order valence-corrected chi connectivity index (χ4v) is 4.76. The van der Waals surface area contributed by atoms with Crippen LogP contribution < -0.4 is 4.72 Å². The Bertz CT molecular complexity index is 1090. The summed E-state index contributed by atoms with van der Waals surface area (Å²) < 4.78 is 50.8. The van der Waals surface area contributed by atoms with Crippen molar-refractivity contribution in [2.75, 3.05) is 11.0 Å². The zero-order valence-electron chi connectivity index (χ0n) is 13.2. The fraction of sp³-hybridized carbons (Fsp3) is 0.0588. The Hall–Kier alpha value is -2.16. The molecule has 0 amide bonds. The van der Waals surface area contributed by atoms with Crippen LogP contribution in [0.4, 0.5) is 5.69 Å². The lowest BCUT2D eigenvalue weighted by atomic mass is 10.1. The van der Waals surface area contributed by atoms with Crippen molar-refractivity contribution < 1.29 is 16.8 Å². The van der Waals surface area contributed by atoms with E-state index in [9.17, 15) is 16.8 Å². The molecule has 0 aliphatic heterocycles. The molecule has 0 unspecified atom stereocenters. The van der Waals surface area contributed by atoms with Gasteiger partial charge in [0, 0.05) is 16.7 Å². The largest absolute Gasteiger partial charge is 0.279 e. The molecule has 0 spiro atoms. The molecule has 5 nitrogen and oxygen atoms in total. The van der Waals surface area contributed by atoms with E-state index in [1.165, 1.54) is 35.6 Å². The van der Waals surface area contributed by atoms with Crippen LogP contribution in [0.5, 0.6) is 0 Å². The molecule has 3 rings (SSSR count). The first-order valence-corrected chi connectivity index (χ1v) is 11.5. The number of benzene rings is 2. The molecular formula is C17H15NO4S3. The average molecular weight is 394 g/mol. The van der Waals surface area contributed by atoms with E-state index in [1.807, 2.05) is 29.6 Å². The van der Waals surface area contributed by atoms with Gasteiger partial charge in [-0.05, 0) is 41.8 Å². The zero-order chi connectivity index (χ0) is 18.1. The Morgan fingerprint density at radius 1 is 0.800 bits per heavy atom. The van der Waals surface area contributed by atoms with Crippen molar-refractivity contribution >= 4 is 36.9 Å². The molecule has 0 saturated heterocycles. The Labute approximate surface area is 150 Å². The number of thiophene rings is 1. The predicted octanol–water partition coefficient (Wildman–Crippen LogP) is 3.62. The molecule has 3 aromatic rings. The minimum Gasteiger partial charge on any atom is -0.279 e. The molecule has 130 valence electrons. The molecular weight excluding hydrogens is 378 g/mol. The Morgan fingerprint density at radius 2 is 1.44 bits per heavy atom. The van der Waals surface area contributed by atoms with Gasteiger partial charge < -0.3 is 0 Å². The normalized spacial score (nSPS) is 12.0. The summed E-state index contributed by atoms with van der Waals surface area (Å²) in [7, 11) is -7.20. The van der Waals surface area contributed by atoms with Gasteiger partial charge in [0.15, 0.2) is 9.84 Å². The van der Waals surface area contributed by atoms with Crippen molar-refractivity contribution in [2.24, 2.45) is 0 Å². The molecule has 8 heteroatoms. The van der Waals surface area contributed by atoms with E-state index < -0.39 is 19.9 Å². The Morgan fingerprint density at radius 3 is 2.04 bits per heavy atom. The van der Waals surface area contributed by atoms with Gasteiger partial charge >= 0.3 is 0 Å². The third kappa shape index (κ3) is 3.92. The standard InChI is InChI=1S/C17H15NO4S3/c1-24(19,20)13-8-10-14(11-9-13)25(21,22)18-16-6-3-2-5-15(16)17-7-4-12-23-17/h2-12,18H,1H3. The number of sulfone groups is 1. The molecule has 2 aromatic carbocycles. The highest BCUT2D eigenvalue weighted by atomic mass is 32.2. The van der Waals surface area contributed by atoms with Crippen LogP contribution in [0.2, 0.25) is 0 Å². The summed E-state index contributed by atoms with van der Waals surface area (Å²) in [5.41, 5.74) is 1.26. The van der Waals surface area contributed by atoms with Gasteiger partial charge in [0.05, 0.1) is 15.5 Å². The fourth-order valence-electron chi connectivity index (χ4n) is 2.29. The number of sulfonamides is 1. The number of nitrogens with one attached hydrogen (secondary N) is 1. The predicted molar refractivity (Wildman–Crippen MR) is 100 cm³/mol. The smallest absolute Gasteiger partial charge is 0.261 e. The van der Waals surface area contributed by atoms with Gasteiger partial charge in [-0.3, -0.25) is 4.72 Å². The maximum absolute atomic E-state index is 12.6. The second-order valence-electron chi connectivity index (χ2n) is 5.37. The third-order valence-electron chi connectivity index (χ3n) is 3.52. The summed E-state index contributed by atoms with van der Waals surface area (Å²) >= 11 is 1.52. The average Bonchev–Trinajstić information content (AvgIpc) is 3.09. The number of hydrogen-bond acceptors (Lipinski definition) is 5. The molecule has 0 aliphatic carbocycles. The Kier molecular flexibility index (Phi) is 4.68. The lowest BCUT2D eigenvalue weighted by Crippen LogP contribution is -2.13. The van der Waals surface area contributed by atoms with Crippen LogP contribution in [-0.2, 0) is 19.9 Å². The number of hydrogen-bond donors (Lipinski definition) is 1. The van der Waals surface area contributed by atoms with Crippen molar-refractivity contribution in [1.29, 1.82) is 0 Å². The molecule has 0 saturated carbocycles. The van der Waals surface area contributed by atoms with Crippen LogP contribution >= 0.6 is 11.3 Å². The summed E-state index contributed by atoms with van der Waals surface area (Å²) in [6.45, 7) is 0. The van der Waals surface area contributed by atoms with E-state index in [1.54, 1.807) is 12.1 Å². The summed E-state index contributed by atoms with van der Waals surface area (Å²) in [6.07, 6.45) is 1.08. The highest BCUT2D eigenvalue weighted by molar-refractivity contribution is 7.92. The topological polar surface area (TPSA) is 80.3 Å². The molecule has 25 heavy (non-hydrogen) atoms. The molecule has 0 aliphatic rings. The second-order valence-corrected chi connectivity index (χ2v) is 10.0. The van der Waals surface area contributed by atoms with Crippen LogP contribution in [-0.4, -0.2) is 23.1 Å². The maximum Gasteiger partial charge on any atom is 0.261 e. The molecule has 0 fully saturated rings. The van der Waals surface area contributed by atoms with Gasteiger partial charge in [-0.1, -0.05) is 24.3 Å². The van der Waals surface area contributed by atoms with Gasteiger partial charge in [0.2, 0.25) is 0 Å². The van der Waals surface area contributed by atoms with E-state index in [2.05, 4.69) is 4.72 Å². The highest BCUT2D eigenvalue weighted by Gasteiger charge is 2.18. The maximum atomic E-state index is 12.6. The lowest BCUT2D eigenvalue weighted by molar-refractivity contribution is 0.597. The first-order chi connectivity index (χ1) is 11.8. The Balaban J connectivity index is 1.95. The molecule has 0 bridgehead atoms. The zero-order valence-corrected chi connectivity index (χ0v) is 15.7. The summed E-state index contributed by atoms with van der Waals surface area (Å²) in [5, 5.41) is 1.92. The summed E-state index contributed by atoms with van der Waals surface area (Å²) in [6, 6.07) is 16.1. The van der Waals surface area contributed by atoms with E-state index in [0.717, 1.165) is 16.7 Å². The number of rotatable bonds is 5. The number of para-hydroxylation sites is 1. The SMILES string of the molecule is CS(=O)(=O)c1ccc(S(=O)(=O)Nc2ccccc2-c2cccs2)cc1.